The molecule has 116 valence electrons. The zero-order valence-electron chi connectivity index (χ0n) is 11.7. The van der Waals surface area contributed by atoms with E-state index >= 15 is 0 Å². The van der Waals surface area contributed by atoms with Gasteiger partial charge in [-0.1, -0.05) is 6.07 Å². The van der Waals surface area contributed by atoms with E-state index in [1.165, 1.54) is 18.2 Å². The number of phenolic OH excluding ortho intramolecular Hbond substituents is 1. The molecule has 0 radical (unpaired) electrons. The summed E-state index contributed by atoms with van der Waals surface area (Å²) in [5.74, 6) is 0.0561. The van der Waals surface area contributed by atoms with Crippen molar-refractivity contribution in [3.63, 3.8) is 0 Å². The summed E-state index contributed by atoms with van der Waals surface area (Å²) < 4.78 is 28.7. The molecule has 1 heterocycles. The first-order valence-corrected chi connectivity index (χ1v) is 6.67. The van der Waals surface area contributed by atoms with Gasteiger partial charge >= 0.3 is 6.61 Å². The number of phenols is 1. The molecule has 0 bridgehead atoms. The Balaban J connectivity index is 1.93. The number of aromatic nitrogens is 1. The summed E-state index contributed by atoms with van der Waals surface area (Å²) in [6.45, 7) is -2.89. The average Bonchev–Trinajstić information content (AvgIpc) is 2.54. The molecule has 0 amide bonds. The molecule has 0 fully saturated rings. The topological polar surface area (TPSA) is 67.1 Å². The zero-order chi connectivity index (χ0) is 16.2. The maximum Gasteiger partial charge on any atom is 0.387 e. The predicted molar refractivity (Wildman–Crippen MR) is 80.7 cm³/mol. The molecule has 1 aromatic heterocycles. The molecule has 0 atom stereocenters. The van der Waals surface area contributed by atoms with Crippen LogP contribution in [0.15, 0.2) is 65.0 Å². The molecule has 23 heavy (non-hydrogen) atoms. The molecule has 0 unspecified atom stereocenters. The van der Waals surface area contributed by atoms with Gasteiger partial charge in [0.2, 0.25) is 0 Å². The SMILES string of the molecule is Oc1ccc(N=Nc2cccc(OC(F)F)c2)c2cccnc12. The van der Waals surface area contributed by atoms with Crippen molar-refractivity contribution in [3.05, 3.63) is 54.7 Å². The van der Waals surface area contributed by atoms with Crippen molar-refractivity contribution in [2.75, 3.05) is 0 Å². The monoisotopic (exact) mass is 315 g/mol. The van der Waals surface area contributed by atoms with E-state index in [1.807, 2.05) is 0 Å². The lowest BCUT2D eigenvalue weighted by Gasteiger charge is -2.04. The summed E-state index contributed by atoms with van der Waals surface area (Å²) in [6.07, 6.45) is 1.56. The second kappa shape index (κ2) is 6.35. The number of hydrogen-bond donors (Lipinski definition) is 1. The van der Waals surface area contributed by atoms with Gasteiger partial charge in [-0.15, -0.1) is 5.11 Å². The van der Waals surface area contributed by atoms with Crippen LogP contribution in [0.4, 0.5) is 20.2 Å². The molecule has 0 aliphatic carbocycles. The standard InChI is InChI=1S/C16H11F2N3O2/c17-16(18)23-11-4-1-3-10(9-11)20-21-13-6-7-14(22)15-12(13)5-2-8-19-15/h1-9,16,22H. The number of benzene rings is 2. The van der Waals surface area contributed by atoms with Gasteiger partial charge in [-0.25, -0.2) is 0 Å². The minimum atomic E-state index is -2.89. The van der Waals surface area contributed by atoms with Crippen molar-refractivity contribution in [2.24, 2.45) is 10.2 Å². The summed E-state index contributed by atoms with van der Waals surface area (Å²) in [6, 6.07) is 12.5. The van der Waals surface area contributed by atoms with E-state index in [0.29, 0.717) is 22.3 Å². The van der Waals surface area contributed by atoms with Gasteiger partial charge < -0.3 is 9.84 Å². The Morgan fingerprint density at radius 1 is 1.04 bits per heavy atom. The molecule has 0 saturated carbocycles. The van der Waals surface area contributed by atoms with E-state index in [0.717, 1.165) is 0 Å². The molecular formula is C16H11F2N3O2. The third kappa shape index (κ3) is 3.39. The highest BCUT2D eigenvalue weighted by atomic mass is 19.3. The molecule has 0 saturated heterocycles. The van der Waals surface area contributed by atoms with Crippen LogP contribution in [0.3, 0.4) is 0 Å². The molecule has 0 aliphatic heterocycles. The van der Waals surface area contributed by atoms with Crippen molar-refractivity contribution in [1.82, 2.24) is 4.98 Å². The van der Waals surface area contributed by atoms with Crippen LogP contribution < -0.4 is 4.74 Å². The van der Waals surface area contributed by atoms with E-state index in [1.54, 1.807) is 36.5 Å². The summed E-state index contributed by atoms with van der Waals surface area (Å²) in [5, 5.41) is 18.5. The highest BCUT2D eigenvalue weighted by Gasteiger charge is 2.06. The minimum Gasteiger partial charge on any atom is -0.506 e. The first kappa shape index (κ1) is 14.8. The number of azo groups is 1. The molecule has 0 aliphatic rings. The largest absolute Gasteiger partial charge is 0.506 e. The number of pyridine rings is 1. The molecule has 1 N–H and O–H groups in total. The first-order valence-electron chi connectivity index (χ1n) is 6.67. The Bertz CT molecular complexity index is 869. The highest BCUT2D eigenvalue weighted by molar-refractivity contribution is 5.93. The van der Waals surface area contributed by atoms with Gasteiger partial charge in [0.05, 0.1) is 11.4 Å². The van der Waals surface area contributed by atoms with Crippen LogP contribution in [-0.2, 0) is 0 Å². The smallest absolute Gasteiger partial charge is 0.387 e. The van der Waals surface area contributed by atoms with E-state index < -0.39 is 6.61 Å². The number of nitrogens with zero attached hydrogens (tertiary/aromatic N) is 3. The second-order valence-electron chi connectivity index (χ2n) is 4.58. The van der Waals surface area contributed by atoms with Gasteiger partial charge in [0, 0.05) is 17.6 Å². The molecule has 2 aromatic carbocycles. The quantitative estimate of drug-likeness (QED) is 0.692. The van der Waals surface area contributed by atoms with Crippen LogP contribution in [0.2, 0.25) is 0 Å². The van der Waals surface area contributed by atoms with Crippen LogP contribution in [0.1, 0.15) is 0 Å². The van der Waals surface area contributed by atoms with E-state index in [2.05, 4.69) is 19.9 Å². The Labute approximate surface area is 129 Å². The molecule has 7 heteroatoms. The van der Waals surface area contributed by atoms with Crippen molar-refractivity contribution < 1.29 is 18.6 Å². The third-order valence-electron chi connectivity index (χ3n) is 3.04. The maximum atomic E-state index is 12.2. The normalized spacial score (nSPS) is 11.4. The molecule has 5 nitrogen and oxygen atoms in total. The summed E-state index contributed by atoms with van der Waals surface area (Å²) in [4.78, 5) is 4.09. The number of hydrogen-bond acceptors (Lipinski definition) is 5. The van der Waals surface area contributed by atoms with E-state index in [4.69, 9.17) is 0 Å². The first-order chi connectivity index (χ1) is 11.1. The van der Waals surface area contributed by atoms with E-state index in [-0.39, 0.29) is 11.5 Å². The number of fused-ring (bicyclic) bond motifs is 1. The number of alkyl halides is 2. The zero-order valence-corrected chi connectivity index (χ0v) is 11.7. The Morgan fingerprint density at radius 2 is 1.91 bits per heavy atom. The maximum absolute atomic E-state index is 12.2. The fourth-order valence-corrected chi connectivity index (χ4v) is 2.06. The summed E-state index contributed by atoms with van der Waals surface area (Å²) in [7, 11) is 0. The van der Waals surface area contributed by atoms with Crippen molar-refractivity contribution >= 4 is 22.3 Å². The Hall–Kier alpha value is -3.09. The van der Waals surface area contributed by atoms with Gasteiger partial charge in [-0.05, 0) is 36.4 Å². The molecular weight excluding hydrogens is 304 g/mol. The fraction of sp³-hybridized carbons (Fsp3) is 0.0625. The highest BCUT2D eigenvalue weighted by Crippen LogP contribution is 2.32. The minimum absolute atomic E-state index is 0.00804. The van der Waals surface area contributed by atoms with Crippen LogP contribution in [0, 0.1) is 0 Å². The van der Waals surface area contributed by atoms with Crippen LogP contribution in [0.25, 0.3) is 10.9 Å². The summed E-state index contributed by atoms with van der Waals surface area (Å²) >= 11 is 0. The fourth-order valence-electron chi connectivity index (χ4n) is 2.06. The van der Waals surface area contributed by atoms with Crippen LogP contribution in [-0.4, -0.2) is 16.7 Å². The summed E-state index contributed by atoms with van der Waals surface area (Å²) in [5.41, 5.74) is 1.29. The van der Waals surface area contributed by atoms with Crippen molar-refractivity contribution in [3.8, 4) is 11.5 Å². The Kier molecular flexibility index (Phi) is 4.09. The van der Waals surface area contributed by atoms with Crippen LogP contribution in [0.5, 0.6) is 11.5 Å². The van der Waals surface area contributed by atoms with E-state index in [9.17, 15) is 13.9 Å². The van der Waals surface area contributed by atoms with Gasteiger partial charge in [0.1, 0.15) is 17.0 Å². The number of ether oxygens (including phenoxy) is 1. The molecule has 0 spiro atoms. The van der Waals surface area contributed by atoms with Crippen molar-refractivity contribution in [1.29, 1.82) is 0 Å². The predicted octanol–water partition coefficient (Wildman–Crippen LogP) is 4.96. The van der Waals surface area contributed by atoms with Crippen molar-refractivity contribution in [2.45, 2.75) is 6.61 Å². The second-order valence-corrected chi connectivity index (χ2v) is 4.58. The number of rotatable bonds is 4. The van der Waals surface area contributed by atoms with Gasteiger partial charge in [0.15, 0.2) is 0 Å². The lowest BCUT2D eigenvalue weighted by Crippen LogP contribution is -2.01. The van der Waals surface area contributed by atoms with Crippen LogP contribution >= 0.6 is 0 Å². The average molecular weight is 315 g/mol. The molecule has 3 aromatic rings. The van der Waals surface area contributed by atoms with Gasteiger partial charge in [-0.3, -0.25) is 4.98 Å². The lowest BCUT2D eigenvalue weighted by molar-refractivity contribution is -0.0498. The van der Waals surface area contributed by atoms with Gasteiger partial charge in [-0.2, -0.15) is 13.9 Å². The third-order valence-corrected chi connectivity index (χ3v) is 3.04. The number of halogens is 2. The molecule has 3 rings (SSSR count). The van der Waals surface area contributed by atoms with Gasteiger partial charge in [0.25, 0.3) is 0 Å². The lowest BCUT2D eigenvalue weighted by atomic mass is 10.2. The Morgan fingerprint density at radius 3 is 2.74 bits per heavy atom. The number of aromatic hydroxyl groups is 1.